The van der Waals surface area contributed by atoms with Crippen molar-refractivity contribution < 1.29 is 24.0 Å². The van der Waals surface area contributed by atoms with E-state index in [1.165, 1.54) is 36.5 Å². The maximum absolute atomic E-state index is 12.1. The first-order valence-electron chi connectivity index (χ1n) is 7.67. The fourth-order valence-electron chi connectivity index (χ4n) is 2.11. The summed E-state index contributed by atoms with van der Waals surface area (Å²) in [5, 5.41) is 13.4. The van der Waals surface area contributed by atoms with E-state index in [4.69, 9.17) is 4.74 Å². The van der Waals surface area contributed by atoms with Gasteiger partial charge in [0.1, 0.15) is 10.6 Å². The number of nitro groups is 1. The van der Waals surface area contributed by atoms with E-state index in [9.17, 15) is 24.5 Å². The fraction of sp³-hybridized carbons (Fsp3) is 0.250. The Kier molecular flexibility index (Phi) is 6.55. The molecule has 0 saturated carbocycles. The number of esters is 1. The molecule has 11 heteroatoms. The number of nitro benzene ring substituents is 1. The van der Waals surface area contributed by atoms with Gasteiger partial charge in [0.15, 0.2) is 6.61 Å². The lowest BCUT2D eigenvalue weighted by Crippen LogP contribution is -2.44. The molecule has 27 heavy (non-hydrogen) atoms. The molecule has 0 saturated heterocycles. The molecule has 0 spiro atoms. The van der Waals surface area contributed by atoms with Crippen LogP contribution < -0.4 is 10.9 Å². The Morgan fingerprint density at radius 3 is 2.56 bits per heavy atom. The summed E-state index contributed by atoms with van der Waals surface area (Å²) in [6.07, 6.45) is -0.00597. The van der Waals surface area contributed by atoms with Gasteiger partial charge in [0.25, 0.3) is 11.6 Å². The van der Waals surface area contributed by atoms with Crippen molar-refractivity contribution in [3.05, 3.63) is 55.5 Å². The molecule has 0 atom stereocenters. The SMILES string of the molecule is Cc1csc(CC(=O)NNC(=O)COC(=O)c2c(C)cccc2[N+](=O)[O-])n1. The first kappa shape index (κ1) is 20.0. The summed E-state index contributed by atoms with van der Waals surface area (Å²) in [6, 6.07) is 4.13. The van der Waals surface area contributed by atoms with Gasteiger partial charge in [-0.25, -0.2) is 9.78 Å². The number of aryl methyl sites for hydroxylation is 2. The second kappa shape index (κ2) is 8.85. The third kappa shape index (κ3) is 5.57. The predicted octanol–water partition coefficient (Wildman–Crippen LogP) is 1.22. The minimum Gasteiger partial charge on any atom is -0.452 e. The van der Waals surface area contributed by atoms with Gasteiger partial charge in [0, 0.05) is 17.1 Å². The zero-order valence-electron chi connectivity index (χ0n) is 14.5. The highest BCUT2D eigenvalue weighted by Gasteiger charge is 2.24. The van der Waals surface area contributed by atoms with E-state index in [0.717, 1.165) is 5.69 Å². The smallest absolute Gasteiger partial charge is 0.345 e. The number of nitrogens with zero attached hydrogens (tertiary/aromatic N) is 2. The third-order valence-corrected chi connectivity index (χ3v) is 4.27. The Hall–Kier alpha value is -3.34. The number of hydrazine groups is 1. The van der Waals surface area contributed by atoms with Crippen LogP contribution in [0.3, 0.4) is 0 Å². The number of hydrogen-bond donors (Lipinski definition) is 2. The van der Waals surface area contributed by atoms with Crippen LogP contribution in [-0.4, -0.2) is 34.3 Å². The molecule has 2 aromatic rings. The van der Waals surface area contributed by atoms with Crippen LogP contribution >= 0.6 is 11.3 Å². The van der Waals surface area contributed by atoms with Gasteiger partial charge in [0.2, 0.25) is 5.91 Å². The van der Waals surface area contributed by atoms with Gasteiger partial charge < -0.3 is 4.74 Å². The Morgan fingerprint density at radius 2 is 1.93 bits per heavy atom. The van der Waals surface area contributed by atoms with E-state index in [1.807, 2.05) is 0 Å². The number of aromatic nitrogens is 1. The van der Waals surface area contributed by atoms with E-state index in [0.29, 0.717) is 10.6 Å². The number of hydrogen-bond acceptors (Lipinski definition) is 8. The number of nitrogens with one attached hydrogen (secondary N) is 2. The molecule has 1 aromatic carbocycles. The minimum atomic E-state index is -1.00. The molecule has 0 radical (unpaired) electrons. The topological polar surface area (TPSA) is 141 Å². The van der Waals surface area contributed by atoms with Gasteiger partial charge in [-0.1, -0.05) is 12.1 Å². The summed E-state index contributed by atoms with van der Waals surface area (Å²) in [6.45, 7) is 2.61. The predicted molar refractivity (Wildman–Crippen MR) is 95.0 cm³/mol. The fourth-order valence-corrected chi connectivity index (χ4v) is 2.88. The van der Waals surface area contributed by atoms with Crippen LogP contribution in [0.4, 0.5) is 5.69 Å². The van der Waals surface area contributed by atoms with Gasteiger partial charge in [0.05, 0.1) is 11.3 Å². The highest BCUT2D eigenvalue weighted by Crippen LogP contribution is 2.22. The third-order valence-electron chi connectivity index (χ3n) is 3.31. The van der Waals surface area contributed by atoms with Crippen molar-refractivity contribution in [2.75, 3.05) is 6.61 Å². The number of amides is 2. The molecule has 0 aliphatic rings. The highest BCUT2D eigenvalue weighted by atomic mass is 32.1. The van der Waals surface area contributed by atoms with Gasteiger partial charge in [-0.3, -0.25) is 30.6 Å². The lowest BCUT2D eigenvalue weighted by atomic mass is 10.1. The normalized spacial score (nSPS) is 10.1. The van der Waals surface area contributed by atoms with E-state index in [1.54, 1.807) is 12.3 Å². The molecule has 0 aliphatic carbocycles. The number of rotatable bonds is 6. The molecular weight excluding hydrogens is 376 g/mol. The molecule has 1 heterocycles. The van der Waals surface area contributed by atoms with E-state index in [-0.39, 0.29) is 12.0 Å². The Morgan fingerprint density at radius 1 is 1.22 bits per heavy atom. The van der Waals surface area contributed by atoms with Crippen LogP contribution in [0.2, 0.25) is 0 Å². The molecule has 0 unspecified atom stereocenters. The molecule has 0 aliphatic heterocycles. The Bertz CT molecular complexity index is 895. The molecule has 142 valence electrons. The molecule has 10 nitrogen and oxygen atoms in total. The van der Waals surface area contributed by atoms with Crippen molar-refractivity contribution in [3.8, 4) is 0 Å². The number of carbonyl (C=O) groups excluding carboxylic acids is 3. The van der Waals surface area contributed by atoms with Crippen molar-refractivity contribution >= 4 is 34.8 Å². The van der Waals surface area contributed by atoms with Crippen molar-refractivity contribution in [1.82, 2.24) is 15.8 Å². The molecule has 0 bridgehead atoms. The number of thiazole rings is 1. The molecule has 1 aromatic heterocycles. The summed E-state index contributed by atoms with van der Waals surface area (Å²) < 4.78 is 4.80. The maximum atomic E-state index is 12.1. The van der Waals surface area contributed by atoms with Gasteiger partial charge in [-0.05, 0) is 19.4 Å². The molecule has 2 amide bonds. The monoisotopic (exact) mass is 392 g/mol. The van der Waals surface area contributed by atoms with Crippen LogP contribution in [0.25, 0.3) is 0 Å². The van der Waals surface area contributed by atoms with Crippen molar-refractivity contribution in [1.29, 1.82) is 0 Å². The van der Waals surface area contributed by atoms with E-state index >= 15 is 0 Å². The van der Waals surface area contributed by atoms with Crippen LogP contribution in [0, 0.1) is 24.0 Å². The van der Waals surface area contributed by atoms with Crippen LogP contribution in [0.15, 0.2) is 23.6 Å². The standard InChI is InChI=1S/C16H16N4O6S/c1-9-4-3-5-11(20(24)25)15(9)16(23)26-7-13(22)19-18-12(21)6-14-17-10(2)8-27-14/h3-5,8H,6-7H2,1-2H3,(H,18,21)(H,19,22). The molecule has 0 fully saturated rings. The second-order valence-corrected chi connectivity index (χ2v) is 6.40. The average molecular weight is 392 g/mol. The summed E-state index contributed by atoms with van der Waals surface area (Å²) in [4.78, 5) is 49.9. The lowest BCUT2D eigenvalue weighted by molar-refractivity contribution is -0.385. The zero-order chi connectivity index (χ0) is 20.0. The zero-order valence-corrected chi connectivity index (χ0v) is 15.3. The van der Waals surface area contributed by atoms with Crippen molar-refractivity contribution in [2.24, 2.45) is 0 Å². The Balaban J connectivity index is 1.84. The Labute approximate surface area is 157 Å². The van der Waals surface area contributed by atoms with Crippen LogP contribution in [0.5, 0.6) is 0 Å². The summed E-state index contributed by atoms with van der Waals surface area (Å²) in [5.74, 6) is -2.28. The number of carbonyl (C=O) groups is 3. The minimum absolute atomic E-state index is 0.00597. The summed E-state index contributed by atoms with van der Waals surface area (Å²) >= 11 is 1.32. The van der Waals surface area contributed by atoms with Crippen molar-refractivity contribution in [3.63, 3.8) is 0 Å². The highest BCUT2D eigenvalue weighted by molar-refractivity contribution is 7.09. The van der Waals surface area contributed by atoms with E-state index in [2.05, 4.69) is 15.8 Å². The quantitative estimate of drug-likeness (QED) is 0.428. The molecule has 2 rings (SSSR count). The molecular formula is C16H16N4O6S. The lowest BCUT2D eigenvalue weighted by Gasteiger charge is -2.09. The van der Waals surface area contributed by atoms with Gasteiger partial charge in [-0.15, -0.1) is 11.3 Å². The first-order valence-corrected chi connectivity index (χ1v) is 8.55. The second-order valence-electron chi connectivity index (χ2n) is 5.46. The maximum Gasteiger partial charge on any atom is 0.345 e. The first-order chi connectivity index (χ1) is 12.8. The number of benzene rings is 1. The average Bonchev–Trinajstić information content (AvgIpc) is 3.02. The van der Waals surface area contributed by atoms with Crippen molar-refractivity contribution in [2.45, 2.75) is 20.3 Å². The summed E-state index contributed by atoms with van der Waals surface area (Å²) in [5.41, 5.74) is 4.78. The van der Waals surface area contributed by atoms with Crippen LogP contribution in [-0.2, 0) is 20.7 Å². The van der Waals surface area contributed by atoms with Crippen LogP contribution in [0.1, 0.15) is 26.6 Å². The molecule has 2 N–H and O–H groups in total. The van der Waals surface area contributed by atoms with E-state index < -0.39 is 35.0 Å². The van der Waals surface area contributed by atoms with Gasteiger partial charge >= 0.3 is 5.97 Å². The largest absolute Gasteiger partial charge is 0.452 e. The summed E-state index contributed by atoms with van der Waals surface area (Å²) in [7, 11) is 0. The number of ether oxygens (including phenoxy) is 1. The van der Waals surface area contributed by atoms with Gasteiger partial charge in [-0.2, -0.15) is 0 Å².